The van der Waals surface area contributed by atoms with Gasteiger partial charge in [-0.05, 0) is 43.5 Å². The van der Waals surface area contributed by atoms with Crippen molar-refractivity contribution in [3.05, 3.63) is 29.8 Å². The summed E-state index contributed by atoms with van der Waals surface area (Å²) < 4.78 is 22.7. The molecule has 4 heteroatoms. The second kappa shape index (κ2) is 6.34. The van der Waals surface area contributed by atoms with E-state index in [1.165, 1.54) is 6.26 Å². The normalized spacial score (nSPS) is 13.8. The molecule has 0 saturated carbocycles. The zero-order chi connectivity index (χ0) is 13.8. The summed E-state index contributed by atoms with van der Waals surface area (Å²) in [5.74, 6) is 0.692. The van der Waals surface area contributed by atoms with E-state index >= 15 is 0 Å². The first-order valence-electron chi connectivity index (χ1n) is 6.34. The Balaban J connectivity index is 2.62. The van der Waals surface area contributed by atoms with E-state index in [9.17, 15) is 8.42 Å². The molecule has 1 atom stereocenters. The highest BCUT2D eigenvalue weighted by molar-refractivity contribution is 7.90. The zero-order valence-electron chi connectivity index (χ0n) is 11.6. The Morgan fingerprint density at radius 1 is 1.11 bits per heavy atom. The molecular formula is C14H23NO2S. The van der Waals surface area contributed by atoms with Crippen LogP contribution in [0.1, 0.15) is 38.8 Å². The first-order chi connectivity index (χ1) is 8.30. The summed E-state index contributed by atoms with van der Waals surface area (Å²) in [6, 6.07) is 7.35. The second-order valence-electron chi connectivity index (χ2n) is 5.20. The van der Waals surface area contributed by atoms with Gasteiger partial charge in [0, 0.05) is 12.3 Å². The Morgan fingerprint density at radius 2 is 1.67 bits per heavy atom. The van der Waals surface area contributed by atoms with Gasteiger partial charge in [0.2, 0.25) is 0 Å². The van der Waals surface area contributed by atoms with Crippen molar-refractivity contribution in [1.29, 1.82) is 0 Å². The smallest absolute Gasteiger partial charge is 0.175 e. The quantitative estimate of drug-likeness (QED) is 0.863. The molecule has 0 aliphatic carbocycles. The molecule has 0 heterocycles. The molecule has 3 nitrogen and oxygen atoms in total. The fourth-order valence-electron chi connectivity index (χ4n) is 1.71. The van der Waals surface area contributed by atoms with Gasteiger partial charge in [-0.15, -0.1) is 0 Å². The van der Waals surface area contributed by atoms with Gasteiger partial charge >= 0.3 is 0 Å². The molecule has 18 heavy (non-hydrogen) atoms. The Kier molecular flexibility index (Phi) is 5.35. The third kappa shape index (κ3) is 4.78. The van der Waals surface area contributed by atoms with Gasteiger partial charge < -0.3 is 5.32 Å². The number of hydrogen-bond acceptors (Lipinski definition) is 3. The number of nitrogens with one attached hydrogen (secondary N) is 1. The van der Waals surface area contributed by atoms with E-state index in [1.807, 2.05) is 12.1 Å². The lowest BCUT2D eigenvalue weighted by molar-refractivity contribution is 0.497. The third-order valence-electron chi connectivity index (χ3n) is 2.98. The minimum atomic E-state index is -3.09. The van der Waals surface area contributed by atoms with Crippen molar-refractivity contribution in [2.45, 2.75) is 38.1 Å². The van der Waals surface area contributed by atoms with Crippen LogP contribution in [0.2, 0.25) is 0 Å². The van der Waals surface area contributed by atoms with Crippen LogP contribution in [-0.4, -0.2) is 21.2 Å². The van der Waals surface area contributed by atoms with Crippen molar-refractivity contribution in [2.75, 3.05) is 12.8 Å². The Bertz CT molecular complexity index is 463. The fourth-order valence-corrected chi connectivity index (χ4v) is 2.34. The zero-order valence-corrected chi connectivity index (χ0v) is 12.4. The van der Waals surface area contributed by atoms with Gasteiger partial charge in [0.15, 0.2) is 9.84 Å². The molecule has 0 bridgehead atoms. The summed E-state index contributed by atoms with van der Waals surface area (Å²) in [5, 5.41) is 3.44. The number of benzene rings is 1. The van der Waals surface area contributed by atoms with Crippen molar-refractivity contribution in [3.63, 3.8) is 0 Å². The van der Waals surface area contributed by atoms with E-state index in [1.54, 1.807) is 12.1 Å². The van der Waals surface area contributed by atoms with Crippen molar-refractivity contribution in [1.82, 2.24) is 5.32 Å². The van der Waals surface area contributed by atoms with Crippen LogP contribution in [0.5, 0.6) is 0 Å². The molecule has 1 N–H and O–H groups in total. The molecule has 0 aliphatic rings. The lowest BCUT2D eigenvalue weighted by Gasteiger charge is -2.15. The van der Waals surface area contributed by atoms with Gasteiger partial charge in [-0.1, -0.05) is 26.0 Å². The predicted molar refractivity (Wildman–Crippen MR) is 75.4 cm³/mol. The van der Waals surface area contributed by atoms with Crippen LogP contribution in [0.4, 0.5) is 0 Å². The Morgan fingerprint density at radius 3 is 2.11 bits per heavy atom. The van der Waals surface area contributed by atoms with Crippen LogP contribution in [0.3, 0.4) is 0 Å². The minimum absolute atomic E-state index is 0.248. The first-order valence-corrected chi connectivity index (χ1v) is 8.23. The SMILES string of the molecule is CC(C)CCNC(C)c1ccc(S(C)(=O)=O)cc1. The van der Waals surface area contributed by atoms with Gasteiger partial charge in [-0.2, -0.15) is 0 Å². The van der Waals surface area contributed by atoms with E-state index in [-0.39, 0.29) is 6.04 Å². The summed E-state index contributed by atoms with van der Waals surface area (Å²) in [4.78, 5) is 0.376. The number of sulfone groups is 1. The molecule has 1 aromatic rings. The highest BCUT2D eigenvalue weighted by atomic mass is 32.2. The van der Waals surface area contributed by atoms with Crippen LogP contribution < -0.4 is 5.32 Å². The van der Waals surface area contributed by atoms with Crippen LogP contribution in [-0.2, 0) is 9.84 Å². The van der Waals surface area contributed by atoms with Crippen LogP contribution in [0, 0.1) is 5.92 Å². The average Bonchev–Trinajstić information content (AvgIpc) is 2.27. The maximum absolute atomic E-state index is 11.3. The number of rotatable bonds is 6. The summed E-state index contributed by atoms with van der Waals surface area (Å²) in [6.07, 6.45) is 2.37. The third-order valence-corrected chi connectivity index (χ3v) is 4.11. The molecule has 1 rings (SSSR count). The van der Waals surface area contributed by atoms with Gasteiger partial charge in [-0.3, -0.25) is 0 Å². The molecule has 0 fully saturated rings. The maximum Gasteiger partial charge on any atom is 0.175 e. The second-order valence-corrected chi connectivity index (χ2v) is 7.22. The van der Waals surface area contributed by atoms with E-state index in [4.69, 9.17) is 0 Å². The minimum Gasteiger partial charge on any atom is -0.310 e. The van der Waals surface area contributed by atoms with Crippen LogP contribution in [0.15, 0.2) is 29.2 Å². The average molecular weight is 269 g/mol. The largest absolute Gasteiger partial charge is 0.310 e. The number of hydrogen-bond donors (Lipinski definition) is 1. The summed E-state index contributed by atoms with van der Waals surface area (Å²) in [5.41, 5.74) is 1.12. The molecule has 0 aliphatic heterocycles. The lowest BCUT2D eigenvalue weighted by atomic mass is 10.1. The van der Waals surface area contributed by atoms with E-state index in [0.29, 0.717) is 10.8 Å². The van der Waals surface area contributed by atoms with Crippen molar-refractivity contribution in [3.8, 4) is 0 Å². The highest BCUT2D eigenvalue weighted by Crippen LogP contribution is 2.16. The molecule has 0 aromatic heterocycles. The molecule has 0 saturated heterocycles. The Hall–Kier alpha value is -0.870. The van der Waals surface area contributed by atoms with Crippen LogP contribution >= 0.6 is 0 Å². The van der Waals surface area contributed by atoms with E-state index in [0.717, 1.165) is 18.5 Å². The molecule has 102 valence electrons. The predicted octanol–water partition coefficient (Wildman–Crippen LogP) is 2.79. The highest BCUT2D eigenvalue weighted by Gasteiger charge is 2.09. The first kappa shape index (κ1) is 15.2. The maximum atomic E-state index is 11.3. The monoisotopic (exact) mass is 269 g/mol. The van der Waals surface area contributed by atoms with Crippen LogP contribution in [0.25, 0.3) is 0 Å². The van der Waals surface area contributed by atoms with Crippen molar-refractivity contribution in [2.24, 2.45) is 5.92 Å². The van der Waals surface area contributed by atoms with Gasteiger partial charge in [0.25, 0.3) is 0 Å². The standard InChI is InChI=1S/C14H23NO2S/c1-11(2)9-10-15-12(3)13-5-7-14(8-6-13)18(4,16)17/h5-8,11-12,15H,9-10H2,1-4H3. The van der Waals surface area contributed by atoms with E-state index in [2.05, 4.69) is 26.1 Å². The lowest BCUT2D eigenvalue weighted by Crippen LogP contribution is -2.21. The fraction of sp³-hybridized carbons (Fsp3) is 0.571. The summed E-state index contributed by atoms with van der Waals surface area (Å²) >= 11 is 0. The molecule has 1 aromatic carbocycles. The Labute approximate surface area is 111 Å². The molecule has 1 unspecified atom stereocenters. The van der Waals surface area contributed by atoms with Gasteiger partial charge in [-0.25, -0.2) is 8.42 Å². The van der Waals surface area contributed by atoms with Gasteiger partial charge in [0.05, 0.1) is 4.90 Å². The summed E-state index contributed by atoms with van der Waals surface area (Å²) in [6.45, 7) is 7.48. The van der Waals surface area contributed by atoms with Gasteiger partial charge in [0.1, 0.15) is 0 Å². The summed E-state index contributed by atoms with van der Waals surface area (Å²) in [7, 11) is -3.09. The molecule has 0 radical (unpaired) electrons. The molecular weight excluding hydrogens is 246 g/mol. The molecule has 0 amide bonds. The van der Waals surface area contributed by atoms with Crippen molar-refractivity contribution >= 4 is 9.84 Å². The van der Waals surface area contributed by atoms with Crippen molar-refractivity contribution < 1.29 is 8.42 Å². The van der Waals surface area contributed by atoms with E-state index < -0.39 is 9.84 Å². The molecule has 0 spiro atoms. The topological polar surface area (TPSA) is 46.2 Å².